The number of pyridine rings is 2. The van der Waals surface area contributed by atoms with Gasteiger partial charge in [0.2, 0.25) is 0 Å². The summed E-state index contributed by atoms with van der Waals surface area (Å²) in [4.78, 5) is 9.45. The van der Waals surface area contributed by atoms with Crippen LogP contribution in [-0.4, -0.2) is 57.6 Å². The Morgan fingerprint density at radius 1 is 1.13 bits per heavy atom. The first-order chi connectivity index (χ1) is 18.2. The van der Waals surface area contributed by atoms with Crippen LogP contribution in [-0.2, 0) is 24.4 Å². The van der Waals surface area contributed by atoms with E-state index in [-0.39, 0.29) is 11.7 Å². The van der Waals surface area contributed by atoms with Gasteiger partial charge in [-0.05, 0) is 57.7 Å². The zero-order valence-corrected chi connectivity index (χ0v) is 22.2. The average Bonchev–Trinajstić information content (AvgIpc) is 3.52. The third-order valence-electron chi connectivity index (χ3n) is 7.52. The van der Waals surface area contributed by atoms with E-state index in [4.69, 9.17) is 14.8 Å². The number of rotatable bonds is 5. The van der Waals surface area contributed by atoms with Crippen molar-refractivity contribution in [1.82, 2.24) is 39.3 Å². The fraction of sp³-hybridized carbons (Fsp3) is 0.444. The second-order valence-corrected chi connectivity index (χ2v) is 10.6. The first-order valence-corrected chi connectivity index (χ1v) is 12.8. The van der Waals surface area contributed by atoms with Crippen LogP contribution in [0.25, 0.3) is 33.3 Å². The van der Waals surface area contributed by atoms with E-state index in [1.807, 2.05) is 21.0 Å². The maximum atomic E-state index is 15.5. The van der Waals surface area contributed by atoms with Gasteiger partial charge in [0, 0.05) is 45.3 Å². The molecule has 0 spiro atoms. The number of hydrogen-bond acceptors (Lipinski definition) is 7. The molecule has 0 amide bonds. The van der Waals surface area contributed by atoms with Gasteiger partial charge in [-0.25, -0.2) is 9.07 Å². The van der Waals surface area contributed by atoms with Gasteiger partial charge in [-0.1, -0.05) is 5.21 Å². The molecule has 5 aromatic rings. The van der Waals surface area contributed by atoms with E-state index in [1.54, 1.807) is 41.7 Å². The Labute approximate surface area is 219 Å². The lowest BCUT2D eigenvalue weighted by molar-refractivity contribution is 0.0538. The molecule has 11 heteroatoms. The second-order valence-electron chi connectivity index (χ2n) is 10.6. The van der Waals surface area contributed by atoms with Crippen LogP contribution >= 0.6 is 0 Å². The van der Waals surface area contributed by atoms with Gasteiger partial charge in [0.1, 0.15) is 28.1 Å². The third-order valence-corrected chi connectivity index (χ3v) is 7.52. The molecule has 1 N–H and O–H groups in total. The van der Waals surface area contributed by atoms with E-state index in [2.05, 4.69) is 25.9 Å². The largest absolute Gasteiger partial charge is 0.384 e. The second kappa shape index (κ2) is 8.95. The highest BCUT2D eigenvalue weighted by Crippen LogP contribution is 2.43. The van der Waals surface area contributed by atoms with Gasteiger partial charge in [-0.2, -0.15) is 5.10 Å². The Bertz CT molecular complexity index is 1640. The van der Waals surface area contributed by atoms with Crippen molar-refractivity contribution in [2.45, 2.75) is 45.3 Å². The Morgan fingerprint density at radius 2 is 1.89 bits per heavy atom. The van der Waals surface area contributed by atoms with Gasteiger partial charge in [0.05, 0.1) is 34.2 Å². The van der Waals surface area contributed by atoms with Crippen LogP contribution in [0.5, 0.6) is 0 Å². The van der Waals surface area contributed by atoms with Crippen LogP contribution < -0.4 is 0 Å². The highest BCUT2D eigenvalue weighted by Gasteiger charge is 2.37. The molecule has 1 saturated heterocycles. The Hall–Kier alpha value is -3.70. The molecule has 0 radical (unpaired) electrons. The summed E-state index contributed by atoms with van der Waals surface area (Å²) in [6.45, 7) is 6.52. The van der Waals surface area contributed by atoms with Crippen molar-refractivity contribution in [2.75, 3.05) is 13.2 Å². The summed E-state index contributed by atoms with van der Waals surface area (Å²) >= 11 is 0. The highest BCUT2D eigenvalue weighted by atomic mass is 19.1. The van der Waals surface area contributed by atoms with Crippen LogP contribution in [0.2, 0.25) is 0 Å². The molecular weight excluding hydrogens is 487 g/mol. The van der Waals surface area contributed by atoms with Crippen molar-refractivity contribution in [1.29, 1.82) is 0 Å². The first kappa shape index (κ1) is 24.6. The van der Waals surface area contributed by atoms with Crippen LogP contribution in [0.3, 0.4) is 0 Å². The number of nitrogens with zero attached hydrogens (tertiary/aromatic N) is 8. The SMILES string of the molecule is Cc1nnn(C)c1-c1cnc2c3c(c(C(C)(C)O)nn3C)n([C@@H](c3ncccc3F)C3CCOCC3)c2c1. The molecule has 10 nitrogen and oxygen atoms in total. The summed E-state index contributed by atoms with van der Waals surface area (Å²) in [6.07, 6.45) is 4.93. The summed E-state index contributed by atoms with van der Waals surface area (Å²) < 4.78 is 26.8. The fourth-order valence-electron chi connectivity index (χ4n) is 5.84. The van der Waals surface area contributed by atoms with Gasteiger partial charge in [0.15, 0.2) is 0 Å². The monoisotopic (exact) mass is 518 g/mol. The molecule has 0 unspecified atom stereocenters. The number of halogens is 1. The first-order valence-electron chi connectivity index (χ1n) is 12.8. The van der Waals surface area contributed by atoms with E-state index in [9.17, 15) is 5.11 Å². The number of hydrogen-bond donors (Lipinski definition) is 1. The molecular formula is C27H31FN8O2. The number of aryl methyl sites for hydroxylation is 3. The predicted octanol–water partition coefficient (Wildman–Crippen LogP) is 3.80. The molecule has 0 bridgehead atoms. The topological polar surface area (TPSA) is 109 Å². The lowest BCUT2D eigenvalue weighted by Crippen LogP contribution is -2.29. The molecule has 0 aliphatic carbocycles. The Balaban J connectivity index is 1.75. The summed E-state index contributed by atoms with van der Waals surface area (Å²) in [5.41, 5.74) is 5.10. The molecule has 1 aliphatic rings. The third kappa shape index (κ3) is 3.80. The quantitative estimate of drug-likeness (QED) is 0.377. The molecule has 1 atom stereocenters. The predicted molar refractivity (Wildman–Crippen MR) is 140 cm³/mol. The van der Waals surface area contributed by atoms with E-state index in [0.29, 0.717) is 24.6 Å². The standard InChI is InChI=1S/C27H31FN8O2/c1-15-22(35(5)33-31-15)17-13-19-21(30-14-17)24-25(26(27(2,3)37)32-34(24)4)36(19)23(16-8-11-38-12-9-16)20-18(28)7-6-10-29-20/h6-7,10,13-14,16,23,37H,8-9,11-12H2,1-5H3/t23-/m1/s1. The lowest BCUT2D eigenvalue weighted by Gasteiger charge is -2.32. The van der Waals surface area contributed by atoms with Crippen molar-refractivity contribution < 1.29 is 14.2 Å². The summed E-state index contributed by atoms with van der Waals surface area (Å²) in [5.74, 6) is -0.325. The molecule has 38 heavy (non-hydrogen) atoms. The minimum Gasteiger partial charge on any atom is -0.384 e. The lowest BCUT2D eigenvalue weighted by atomic mass is 9.88. The summed E-state index contributed by atoms with van der Waals surface area (Å²) in [7, 11) is 3.69. The van der Waals surface area contributed by atoms with Crippen molar-refractivity contribution >= 4 is 22.1 Å². The molecule has 198 valence electrons. The van der Waals surface area contributed by atoms with Crippen molar-refractivity contribution in [3.8, 4) is 11.3 Å². The molecule has 0 saturated carbocycles. The number of ether oxygens (including phenoxy) is 1. The number of aliphatic hydroxyl groups is 1. The van der Waals surface area contributed by atoms with E-state index < -0.39 is 11.6 Å². The number of aromatic nitrogens is 8. The van der Waals surface area contributed by atoms with Crippen LogP contribution in [0.1, 0.15) is 49.8 Å². The van der Waals surface area contributed by atoms with Gasteiger partial charge in [0.25, 0.3) is 0 Å². The average molecular weight is 519 g/mol. The Kier molecular flexibility index (Phi) is 5.80. The fourth-order valence-corrected chi connectivity index (χ4v) is 5.84. The summed E-state index contributed by atoms with van der Waals surface area (Å²) in [6, 6.07) is 4.64. The smallest absolute Gasteiger partial charge is 0.146 e. The minimum absolute atomic E-state index is 0.0468. The van der Waals surface area contributed by atoms with Crippen molar-refractivity contribution in [3.05, 3.63) is 53.5 Å². The van der Waals surface area contributed by atoms with Crippen LogP contribution in [0.4, 0.5) is 4.39 Å². The van der Waals surface area contributed by atoms with Gasteiger partial charge < -0.3 is 14.4 Å². The maximum absolute atomic E-state index is 15.5. The van der Waals surface area contributed by atoms with Gasteiger partial charge in [-0.15, -0.1) is 5.10 Å². The highest BCUT2D eigenvalue weighted by molar-refractivity contribution is 6.06. The van der Waals surface area contributed by atoms with Crippen molar-refractivity contribution in [3.63, 3.8) is 0 Å². The number of fused-ring (bicyclic) bond motifs is 3. The molecule has 6 rings (SSSR count). The van der Waals surface area contributed by atoms with Gasteiger partial charge in [-0.3, -0.25) is 14.6 Å². The van der Waals surface area contributed by atoms with Crippen molar-refractivity contribution in [2.24, 2.45) is 20.0 Å². The van der Waals surface area contributed by atoms with Gasteiger partial charge >= 0.3 is 0 Å². The Morgan fingerprint density at radius 3 is 2.55 bits per heavy atom. The van der Waals surface area contributed by atoms with E-state index >= 15 is 4.39 Å². The maximum Gasteiger partial charge on any atom is 0.146 e. The van der Waals surface area contributed by atoms with E-state index in [0.717, 1.165) is 51.9 Å². The zero-order valence-electron chi connectivity index (χ0n) is 22.2. The molecule has 5 aromatic heterocycles. The normalized spacial score (nSPS) is 16.1. The summed E-state index contributed by atoms with van der Waals surface area (Å²) in [5, 5.41) is 24.3. The van der Waals surface area contributed by atoms with Crippen LogP contribution in [0, 0.1) is 18.7 Å². The van der Waals surface area contributed by atoms with Crippen LogP contribution in [0.15, 0.2) is 30.6 Å². The molecule has 0 aromatic carbocycles. The molecule has 1 aliphatic heterocycles. The zero-order chi connectivity index (χ0) is 26.8. The minimum atomic E-state index is -1.25. The molecule has 6 heterocycles. The van der Waals surface area contributed by atoms with E-state index in [1.165, 1.54) is 6.07 Å². The molecule has 1 fully saturated rings.